The van der Waals surface area contributed by atoms with Crippen molar-refractivity contribution < 1.29 is 24.2 Å². The van der Waals surface area contributed by atoms with Crippen LogP contribution in [0.15, 0.2) is 24.3 Å². The minimum absolute atomic E-state index is 0.169. The SMILES string of the molecule is CC1C(=O)N(CCOc2ccc(C(=O)O)cc2)C(=O)C1C. The zero-order valence-corrected chi connectivity index (χ0v) is 11.9. The van der Waals surface area contributed by atoms with E-state index in [0.29, 0.717) is 5.75 Å². The van der Waals surface area contributed by atoms with Crippen molar-refractivity contribution in [1.29, 1.82) is 0 Å². The van der Waals surface area contributed by atoms with Crippen molar-refractivity contribution >= 4 is 17.8 Å². The number of hydrogen-bond acceptors (Lipinski definition) is 4. The maximum atomic E-state index is 11.9. The Hall–Kier alpha value is -2.37. The van der Waals surface area contributed by atoms with Crippen LogP contribution in [-0.4, -0.2) is 40.9 Å². The summed E-state index contributed by atoms with van der Waals surface area (Å²) in [5, 5.41) is 8.78. The molecule has 0 aromatic heterocycles. The molecule has 2 unspecified atom stereocenters. The van der Waals surface area contributed by atoms with Crippen LogP contribution in [0.25, 0.3) is 0 Å². The molecule has 6 nitrogen and oxygen atoms in total. The number of carbonyl (C=O) groups is 3. The number of ether oxygens (including phenoxy) is 1. The zero-order chi connectivity index (χ0) is 15.6. The number of amides is 2. The van der Waals surface area contributed by atoms with Crippen molar-refractivity contribution in [3.8, 4) is 5.75 Å². The van der Waals surface area contributed by atoms with E-state index < -0.39 is 5.97 Å². The molecule has 0 spiro atoms. The van der Waals surface area contributed by atoms with Gasteiger partial charge in [0.1, 0.15) is 12.4 Å². The number of likely N-dealkylation sites (tertiary alicyclic amines) is 1. The normalized spacial score (nSPS) is 21.7. The van der Waals surface area contributed by atoms with Crippen LogP contribution in [0.4, 0.5) is 0 Å². The molecule has 1 aromatic carbocycles. The first-order valence-electron chi connectivity index (χ1n) is 6.73. The molecule has 2 amide bonds. The molecule has 1 N–H and O–H groups in total. The van der Waals surface area contributed by atoms with E-state index in [4.69, 9.17) is 9.84 Å². The summed E-state index contributed by atoms with van der Waals surface area (Å²) in [5.41, 5.74) is 0.176. The summed E-state index contributed by atoms with van der Waals surface area (Å²) in [5.74, 6) is -1.41. The van der Waals surface area contributed by atoms with Gasteiger partial charge in [0.2, 0.25) is 11.8 Å². The molecule has 0 radical (unpaired) electrons. The lowest BCUT2D eigenvalue weighted by Crippen LogP contribution is -2.34. The van der Waals surface area contributed by atoms with Gasteiger partial charge < -0.3 is 9.84 Å². The first-order valence-corrected chi connectivity index (χ1v) is 6.73. The monoisotopic (exact) mass is 291 g/mol. The van der Waals surface area contributed by atoms with E-state index in [1.165, 1.54) is 17.0 Å². The summed E-state index contributed by atoms with van der Waals surface area (Å²) >= 11 is 0. The van der Waals surface area contributed by atoms with Crippen LogP contribution < -0.4 is 4.74 Å². The van der Waals surface area contributed by atoms with Gasteiger partial charge in [-0.25, -0.2) is 4.79 Å². The molecule has 0 bridgehead atoms. The lowest BCUT2D eigenvalue weighted by atomic mass is 10.00. The van der Waals surface area contributed by atoms with Gasteiger partial charge in [-0.1, -0.05) is 13.8 Å². The Bertz CT molecular complexity index is 546. The summed E-state index contributed by atoms with van der Waals surface area (Å²) in [6.07, 6.45) is 0. The highest BCUT2D eigenvalue weighted by molar-refractivity contribution is 6.04. The Kier molecular flexibility index (Phi) is 4.26. The Morgan fingerprint density at radius 1 is 1.14 bits per heavy atom. The molecule has 1 aliphatic heterocycles. The van der Waals surface area contributed by atoms with Crippen molar-refractivity contribution in [2.24, 2.45) is 11.8 Å². The number of nitrogens with zero attached hydrogens (tertiary/aromatic N) is 1. The lowest BCUT2D eigenvalue weighted by molar-refractivity contribution is -0.140. The van der Waals surface area contributed by atoms with E-state index in [2.05, 4.69) is 0 Å². The summed E-state index contributed by atoms with van der Waals surface area (Å²) in [6.45, 7) is 3.88. The minimum atomic E-state index is -1.00. The molecule has 1 heterocycles. The number of carboxylic acid groups (broad SMARTS) is 1. The first kappa shape index (κ1) is 15.0. The first-order chi connectivity index (χ1) is 9.91. The van der Waals surface area contributed by atoms with Gasteiger partial charge in [-0.15, -0.1) is 0 Å². The van der Waals surface area contributed by atoms with E-state index in [0.717, 1.165) is 0 Å². The second kappa shape index (κ2) is 5.95. The number of imide groups is 1. The summed E-state index contributed by atoms with van der Waals surface area (Å²) < 4.78 is 5.43. The van der Waals surface area contributed by atoms with Gasteiger partial charge in [0.25, 0.3) is 0 Å². The Morgan fingerprint density at radius 3 is 2.14 bits per heavy atom. The topological polar surface area (TPSA) is 83.9 Å². The van der Waals surface area contributed by atoms with E-state index in [9.17, 15) is 14.4 Å². The Labute approximate surface area is 122 Å². The number of carboxylic acids is 1. The van der Waals surface area contributed by atoms with Gasteiger partial charge in [0.15, 0.2) is 0 Å². The second-order valence-corrected chi connectivity index (χ2v) is 5.08. The van der Waals surface area contributed by atoms with Crippen LogP contribution in [0.5, 0.6) is 5.75 Å². The number of aromatic carboxylic acids is 1. The van der Waals surface area contributed by atoms with Crippen molar-refractivity contribution in [3.05, 3.63) is 29.8 Å². The molecule has 21 heavy (non-hydrogen) atoms. The molecule has 1 fully saturated rings. The number of hydrogen-bond donors (Lipinski definition) is 1. The third-order valence-corrected chi connectivity index (χ3v) is 3.75. The van der Waals surface area contributed by atoms with Crippen molar-refractivity contribution in [2.45, 2.75) is 13.8 Å². The van der Waals surface area contributed by atoms with Crippen LogP contribution in [0.2, 0.25) is 0 Å². The predicted molar refractivity (Wildman–Crippen MR) is 73.9 cm³/mol. The quantitative estimate of drug-likeness (QED) is 0.829. The summed E-state index contributed by atoms with van der Waals surface area (Å²) in [7, 11) is 0. The average Bonchev–Trinajstić information content (AvgIpc) is 2.65. The molecule has 0 saturated carbocycles. The maximum Gasteiger partial charge on any atom is 0.335 e. The van der Waals surface area contributed by atoms with Crippen LogP contribution >= 0.6 is 0 Å². The molecule has 1 aromatic rings. The zero-order valence-electron chi connectivity index (χ0n) is 11.9. The van der Waals surface area contributed by atoms with Crippen LogP contribution in [0, 0.1) is 11.8 Å². The van der Waals surface area contributed by atoms with Crippen molar-refractivity contribution in [3.63, 3.8) is 0 Å². The molecule has 1 aliphatic rings. The molecule has 2 rings (SSSR count). The molecule has 0 aliphatic carbocycles. The third kappa shape index (κ3) is 3.04. The largest absolute Gasteiger partial charge is 0.492 e. The highest BCUT2D eigenvalue weighted by Gasteiger charge is 2.41. The third-order valence-electron chi connectivity index (χ3n) is 3.75. The fourth-order valence-corrected chi connectivity index (χ4v) is 2.20. The standard InChI is InChI=1S/C15H17NO5/c1-9-10(2)14(18)16(13(9)17)7-8-21-12-5-3-11(4-6-12)15(19)20/h3-6,9-10H,7-8H2,1-2H3,(H,19,20). The van der Waals surface area contributed by atoms with Gasteiger partial charge in [-0.3, -0.25) is 14.5 Å². The number of rotatable bonds is 5. The van der Waals surface area contributed by atoms with Gasteiger partial charge >= 0.3 is 5.97 Å². The van der Waals surface area contributed by atoms with Crippen molar-refractivity contribution in [1.82, 2.24) is 4.90 Å². The van der Waals surface area contributed by atoms with E-state index >= 15 is 0 Å². The van der Waals surface area contributed by atoms with E-state index in [-0.39, 0.29) is 42.4 Å². The fraction of sp³-hybridized carbons (Fsp3) is 0.400. The number of carbonyl (C=O) groups excluding carboxylic acids is 2. The smallest absolute Gasteiger partial charge is 0.335 e. The van der Waals surface area contributed by atoms with Crippen LogP contribution in [0.3, 0.4) is 0 Å². The molecular formula is C15H17NO5. The Balaban J connectivity index is 1.88. The number of benzene rings is 1. The molecule has 112 valence electrons. The minimum Gasteiger partial charge on any atom is -0.492 e. The maximum absolute atomic E-state index is 11.9. The summed E-state index contributed by atoms with van der Waals surface area (Å²) in [4.78, 5) is 35.7. The predicted octanol–water partition coefficient (Wildman–Crippen LogP) is 1.40. The fourth-order valence-electron chi connectivity index (χ4n) is 2.20. The average molecular weight is 291 g/mol. The van der Waals surface area contributed by atoms with Gasteiger partial charge in [0.05, 0.1) is 12.1 Å². The van der Waals surface area contributed by atoms with Crippen molar-refractivity contribution in [2.75, 3.05) is 13.2 Å². The van der Waals surface area contributed by atoms with Gasteiger partial charge in [0, 0.05) is 11.8 Å². The van der Waals surface area contributed by atoms with Crippen LogP contribution in [0.1, 0.15) is 24.2 Å². The second-order valence-electron chi connectivity index (χ2n) is 5.08. The highest BCUT2D eigenvalue weighted by atomic mass is 16.5. The van der Waals surface area contributed by atoms with Gasteiger partial charge in [-0.05, 0) is 24.3 Å². The van der Waals surface area contributed by atoms with Gasteiger partial charge in [-0.2, -0.15) is 0 Å². The lowest BCUT2D eigenvalue weighted by Gasteiger charge is -2.15. The molecule has 6 heteroatoms. The molecule has 2 atom stereocenters. The van der Waals surface area contributed by atoms with E-state index in [1.807, 2.05) is 0 Å². The highest BCUT2D eigenvalue weighted by Crippen LogP contribution is 2.25. The molecular weight excluding hydrogens is 274 g/mol. The summed E-state index contributed by atoms with van der Waals surface area (Å²) in [6, 6.07) is 5.96. The van der Waals surface area contributed by atoms with Crippen LogP contribution in [-0.2, 0) is 9.59 Å². The van der Waals surface area contributed by atoms with E-state index in [1.54, 1.807) is 26.0 Å². The Morgan fingerprint density at radius 2 is 1.67 bits per heavy atom. The molecule has 1 saturated heterocycles.